The van der Waals surface area contributed by atoms with Crippen LogP contribution in [0, 0.1) is 11.7 Å². The van der Waals surface area contributed by atoms with E-state index in [4.69, 9.17) is 5.73 Å². The molecule has 0 amide bonds. The first-order valence-corrected chi connectivity index (χ1v) is 5.27. The monoisotopic (exact) mass is 193 g/mol. The highest BCUT2D eigenvalue weighted by molar-refractivity contribution is 5.22. The summed E-state index contributed by atoms with van der Waals surface area (Å²) in [6.45, 7) is 0.752. The average molecular weight is 193 g/mol. The predicted molar refractivity (Wildman–Crippen MR) is 55.5 cm³/mol. The Morgan fingerprint density at radius 2 is 1.93 bits per heavy atom. The van der Waals surface area contributed by atoms with Crippen molar-refractivity contribution in [2.24, 2.45) is 11.7 Å². The molecule has 0 heterocycles. The van der Waals surface area contributed by atoms with E-state index in [9.17, 15) is 4.39 Å². The Morgan fingerprint density at radius 3 is 2.57 bits per heavy atom. The number of halogens is 1. The van der Waals surface area contributed by atoms with Crippen LogP contribution in [0.5, 0.6) is 0 Å². The number of nitrogens with two attached hydrogens (primary N) is 1. The molecule has 2 atom stereocenters. The molecule has 1 nitrogen and oxygen atoms in total. The third-order valence-electron chi connectivity index (χ3n) is 3.26. The highest BCUT2D eigenvalue weighted by Crippen LogP contribution is 2.38. The molecule has 1 aliphatic carbocycles. The van der Waals surface area contributed by atoms with Crippen LogP contribution in [0.3, 0.4) is 0 Å². The molecule has 2 heteroatoms. The summed E-state index contributed by atoms with van der Waals surface area (Å²) in [6.07, 6.45) is 3.68. The van der Waals surface area contributed by atoms with E-state index in [2.05, 4.69) is 0 Å². The van der Waals surface area contributed by atoms with Crippen molar-refractivity contribution in [2.45, 2.75) is 25.2 Å². The molecule has 1 aliphatic rings. The molecule has 1 aromatic carbocycles. The summed E-state index contributed by atoms with van der Waals surface area (Å²) in [5.74, 6) is 0.997. The molecule has 76 valence electrons. The van der Waals surface area contributed by atoms with Crippen molar-refractivity contribution in [2.75, 3.05) is 6.54 Å². The summed E-state index contributed by atoms with van der Waals surface area (Å²) in [5.41, 5.74) is 6.97. The zero-order valence-electron chi connectivity index (χ0n) is 8.25. The largest absolute Gasteiger partial charge is 0.330 e. The molecular formula is C12H16FN. The number of benzene rings is 1. The van der Waals surface area contributed by atoms with E-state index in [1.165, 1.54) is 24.8 Å². The van der Waals surface area contributed by atoms with Crippen LogP contribution < -0.4 is 5.73 Å². The number of hydrogen-bond donors (Lipinski definition) is 1. The minimum atomic E-state index is -0.156. The summed E-state index contributed by atoms with van der Waals surface area (Å²) in [6, 6.07) is 6.88. The maximum Gasteiger partial charge on any atom is 0.123 e. The Bertz CT molecular complexity index is 294. The highest BCUT2D eigenvalue weighted by Gasteiger charge is 2.27. The maximum atomic E-state index is 12.7. The molecule has 0 unspecified atom stereocenters. The van der Waals surface area contributed by atoms with Crippen LogP contribution >= 0.6 is 0 Å². The zero-order valence-corrected chi connectivity index (χ0v) is 8.25. The smallest absolute Gasteiger partial charge is 0.123 e. The van der Waals surface area contributed by atoms with E-state index in [1.807, 2.05) is 12.1 Å². The van der Waals surface area contributed by atoms with Crippen LogP contribution in [0.15, 0.2) is 24.3 Å². The quantitative estimate of drug-likeness (QED) is 0.767. The Morgan fingerprint density at radius 1 is 1.21 bits per heavy atom. The minimum Gasteiger partial charge on any atom is -0.330 e. The van der Waals surface area contributed by atoms with Crippen molar-refractivity contribution in [1.82, 2.24) is 0 Å². The predicted octanol–water partition coefficient (Wildman–Crippen LogP) is 2.67. The van der Waals surface area contributed by atoms with Crippen molar-refractivity contribution in [1.29, 1.82) is 0 Å². The topological polar surface area (TPSA) is 26.0 Å². The first-order valence-electron chi connectivity index (χ1n) is 5.27. The lowest BCUT2D eigenvalue weighted by Crippen LogP contribution is -2.17. The van der Waals surface area contributed by atoms with Gasteiger partial charge in [0.25, 0.3) is 0 Å². The van der Waals surface area contributed by atoms with Gasteiger partial charge in [0.15, 0.2) is 0 Å². The molecule has 1 saturated carbocycles. The van der Waals surface area contributed by atoms with Gasteiger partial charge in [0.1, 0.15) is 5.82 Å². The molecule has 1 aromatic rings. The highest BCUT2D eigenvalue weighted by atomic mass is 19.1. The van der Waals surface area contributed by atoms with E-state index < -0.39 is 0 Å². The van der Waals surface area contributed by atoms with Gasteiger partial charge in [0, 0.05) is 0 Å². The summed E-state index contributed by atoms with van der Waals surface area (Å²) < 4.78 is 12.7. The van der Waals surface area contributed by atoms with Crippen LogP contribution in [-0.2, 0) is 0 Å². The van der Waals surface area contributed by atoms with Gasteiger partial charge in [-0.25, -0.2) is 4.39 Å². The maximum absolute atomic E-state index is 12.7. The second-order valence-corrected chi connectivity index (χ2v) is 4.08. The molecule has 2 rings (SSSR count). The van der Waals surface area contributed by atoms with Gasteiger partial charge in [-0.15, -0.1) is 0 Å². The Hall–Kier alpha value is -0.890. The van der Waals surface area contributed by atoms with E-state index in [0.29, 0.717) is 11.8 Å². The SMILES string of the molecule is NC[C@@H]1CCC[C@H]1c1ccc(F)cc1. The number of rotatable bonds is 2. The lowest BCUT2D eigenvalue weighted by Gasteiger charge is -2.17. The van der Waals surface area contributed by atoms with E-state index in [-0.39, 0.29) is 5.82 Å². The first-order chi connectivity index (χ1) is 6.81. The molecule has 14 heavy (non-hydrogen) atoms. The third-order valence-corrected chi connectivity index (χ3v) is 3.26. The molecule has 2 N–H and O–H groups in total. The van der Waals surface area contributed by atoms with Crippen LogP contribution in [0.25, 0.3) is 0 Å². The fourth-order valence-electron chi connectivity index (χ4n) is 2.47. The van der Waals surface area contributed by atoms with Crippen LogP contribution in [0.4, 0.5) is 4.39 Å². The van der Waals surface area contributed by atoms with Gasteiger partial charge in [-0.3, -0.25) is 0 Å². The van der Waals surface area contributed by atoms with Crippen molar-refractivity contribution in [3.8, 4) is 0 Å². The average Bonchev–Trinajstić information content (AvgIpc) is 2.67. The van der Waals surface area contributed by atoms with Gasteiger partial charge in [-0.2, -0.15) is 0 Å². The molecule has 0 aromatic heterocycles. The summed E-state index contributed by atoms with van der Waals surface area (Å²) in [4.78, 5) is 0. The van der Waals surface area contributed by atoms with Gasteiger partial charge >= 0.3 is 0 Å². The molecule has 0 spiro atoms. The van der Waals surface area contributed by atoms with E-state index in [0.717, 1.165) is 6.54 Å². The van der Waals surface area contributed by atoms with E-state index >= 15 is 0 Å². The first kappa shape index (κ1) is 9.66. The summed E-state index contributed by atoms with van der Waals surface area (Å²) in [5, 5.41) is 0. The van der Waals surface area contributed by atoms with Crippen molar-refractivity contribution >= 4 is 0 Å². The van der Waals surface area contributed by atoms with Gasteiger partial charge in [-0.05, 0) is 48.9 Å². The molecule has 0 saturated heterocycles. The van der Waals surface area contributed by atoms with Crippen molar-refractivity contribution in [3.05, 3.63) is 35.6 Å². The van der Waals surface area contributed by atoms with Gasteiger partial charge in [0.2, 0.25) is 0 Å². The van der Waals surface area contributed by atoms with Crippen LogP contribution in [-0.4, -0.2) is 6.54 Å². The molecular weight excluding hydrogens is 177 g/mol. The van der Waals surface area contributed by atoms with Crippen LogP contribution in [0.2, 0.25) is 0 Å². The van der Waals surface area contributed by atoms with Gasteiger partial charge in [0.05, 0.1) is 0 Å². The fourth-order valence-corrected chi connectivity index (χ4v) is 2.47. The van der Waals surface area contributed by atoms with Crippen molar-refractivity contribution < 1.29 is 4.39 Å². The van der Waals surface area contributed by atoms with Gasteiger partial charge < -0.3 is 5.73 Å². The second kappa shape index (κ2) is 4.09. The third kappa shape index (κ3) is 1.80. The summed E-state index contributed by atoms with van der Waals surface area (Å²) >= 11 is 0. The molecule has 0 radical (unpaired) electrons. The summed E-state index contributed by atoms with van der Waals surface area (Å²) in [7, 11) is 0. The second-order valence-electron chi connectivity index (χ2n) is 4.08. The van der Waals surface area contributed by atoms with Crippen LogP contribution in [0.1, 0.15) is 30.7 Å². The standard InChI is InChI=1S/C12H16FN/c13-11-6-4-9(5-7-11)12-3-1-2-10(12)8-14/h4-7,10,12H,1-3,8,14H2/t10-,12-/m0/s1. The van der Waals surface area contributed by atoms with Crippen molar-refractivity contribution in [3.63, 3.8) is 0 Å². The molecule has 0 aliphatic heterocycles. The zero-order chi connectivity index (χ0) is 9.97. The van der Waals surface area contributed by atoms with E-state index in [1.54, 1.807) is 12.1 Å². The lowest BCUT2D eigenvalue weighted by atomic mass is 9.89. The Balaban J connectivity index is 2.17. The minimum absolute atomic E-state index is 0.156. The lowest BCUT2D eigenvalue weighted by molar-refractivity contribution is 0.495. The molecule has 1 fully saturated rings. The Labute approximate surface area is 84.1 Å². The fraction of sp³-hybridized carbons (Fsp3) is 0.500. The number of hydrogen-bond acceptors (Lipinski definition) is 1. The normalized spacial score (nSPS) is 26.7. The Kier molecular flexibility index (Phi) is 2.82. The molecule has 0 bridgehead atoms. The van der Waals surface area contributed by atoms with Gasteiger partial charge in [-0.1, -0.05) is 18.6 Å².